The van der Waals surface area contributed by atoms with Gasteiger partial charge in [0, 0.05) is 60.7 Å². The molecule has 0 amide bonds. The average Bonchev–Trinajstić information content (AvgIpc) is 3.80. The minimum Gasteiger partial charge on any atom is -0.452 e. The van der Waals surface area contributed by atoms with Crippen LogP contribution in [0.25, 0.3) is 144 Å². The zero-order valence-corrected chi connectivity index (χ0v) is 44.1. The molecule has 10 aromatic carbocycles. The first kappa shape index (κ1) is 46.6. The SMILES string of the molecule is C1=CCC(c2cc(-c3ccccc3)cc(-c3nc(-c4ccc(-c5ccccc5)cc4)nc(-c4cc(C5=CCCC=C5)c(-n5c6ccccc6c6c7oc8c(ccc9c%10ccccc%10oc98)c7ccc65)c(-c5ccccc5)c4)n3)c2)C=C1. The summed E-state index contributed by atoms with van der Waals surface area (Å²) >= 11 is 0. The summed E-state index contributed by atoms with van der Waals surface area (Å²) in [6, 6.07) is 77.8. The van der Waals surface area contributed by atoms with E-state index in [0.717, 1.165) is 152 Å². The molecule has 1 atom stereocenters. The first-order chi connectivity index (χ1) is 40.1. The summed E-state index contributed by atoms with van der Waals surface area (Å²) in [5.41, 5.74) is 19.1. The summed E-state index contributed by atoms with van der Waals surface area (Å²) in [6.45, 7) is 0. The highest BCUT2D eigenvalue weighted by atomic mass is 16.4. The fraction of sp³-hybridized carbons (Fsp3) is 0.0533. The van der Waals surface area contributed by atoms with Gasteiger partial charge in [-0.15, -0.1) is 0 Å². The zero-order valence-electron chi connectivity index (χ0n) is 44.1. The van der Waals surface area contributed by atoms with Gasteiger partial charge < -0.3 is 13.4 Å². The van der Waals surface area contributed by atoms with Crippen LogP contribution in [0.2, 0.25) is 0 Å². The molecule has 0 saturated heterocycles. The Balaban J connectivity index is 0.957. The molecular formula is C75H50N4O2. The van der Waals surface area contributed by atoms with Crippen molar-refractivity contribution in [2.75, 3.05) is 0 Å². The summed E-state index contributed by atoms with van der Waals surface area (Å²) in [5, 5.41) is 6.34. The van der Waals surface area contributed by atoms with Gasteiger partial charge in [0.1, 0.15) is 11.2 Å². The number of allylic oxidation sites excluding steroid dienone is 8. The van der Waals surface area contributed by atoms with Crippen LogP contribution in [0.5, 0.6) is 0 Å². The number of para-hydroxylation sites is 2. The van der Waals surface area contributed by atoms with Gasteiger partial charge in [-0.25, -0.2) is 15.0 Å². The Morgan fingerprint density at radius 2 is 0.975 bits per heavy atom. The van der Waals surface area contributed by atoms with Crippen molar-refractivity contribution in [2.24, 2.45) is 0 Å². The molecule has 14 aromatic rings. The number of furan rings is 2. The molecule has 4 heterocycles. The molecule has 6 nitrogen and oxygen atoms in total. The van der Waals surface area contributed by atoms with Gasteiger partial charge in [0.25, 0.3) is 0 Å². The van der Waals surface area contributed by atoms with Crippen LogP contribution in [-0.4, -0.2) is 19.5 Å². The highest BCUT2D eigenvalue weighted by molar-refractivity contribution is 6.27. The maximum absolute atomic E-state index is 7.14. The van der Waals surface area contributed by atoms with E-state index in [4.69, 9.17) is 23.8 Å². The fourth-order valence-corrected chi connectivity index (χ4v) is 12.5. The Morgan fingerprint density at radius 1 is 0.395 bits per heavy atom. The summed E-state index contributed by atoms with van der Waals surface area (Å²) < 4.78 is 16.2. The maximum Gasteiger partial charge on any atom is 0.178 e. The normalized spacial score (nSPS) is 14.3. The lowest BCUT2D eigenvalue weighted by Crippen LogP contribution is -2.06. The standard InChI is InChI=1S/C75H50N4O2/c1-6-20-47(21-7-1)50-34-36-53(37-35-50)73-76-74(56-43-54(48-22-8-2-9-23-48)42-55(44-56)49-24-10-3-11-25-49)78-75(77-73)57-45-63(51-26-12-4-13-27-51)69(64(46-57)52-28-14-5-15-29-52)79-65-32-18-16-31-62(65)68-66(79)41-40-60-61-39-38-59-58-30-17-19-33-67(58)80-71(59)72(61)81-70(60)68/h1-4,6-14,16-24,26-46,49H,5,15,25H2. The molecule has 2 aliphatic carbocycles. The smallest absolute Gasteiger partial charge is 0.178 e. The van der Waals surface area contributed by atoms with Crippen molar-refractivity contribution >= 4 is 71.3 Å². The van der Waals surface area contributed by atoms with Gasteiger partial charge >= 0.3 is 0 Å². The predicted octanol–water partition coefficient (Wildman–Crippen LogP) is 20.1. The van der Waals surface area contributed by atoms with Crippen molar-refractivity contribution < 1.29 is 8.83 Å². The molecule has 2 aliphatic rings. The van der Waals surface area contributed by atoms with Crippen LogP contribution in [0.4, 0.5) is 0 Å². The molecule has 4 aromatic heterocycles. The van der Waals surface area contributed by atoms with E-state index >= 15 is 0 Å². The molecule has 0 bridgehead atoms. The quantitative estimate of drug-likeness (QED) is 0.144. The molecule has 0 spiro atoms. The first-order valence-electron chi connectivity index (χ1n) is 27.9. The van der Waals surface area contributed by atoms with Gasteiger partial charge in [-0.1, -0.05) is 200 Å². The molecule has 0 radical (unpaired) electrons. The Labute approximate surface area is 467 Å². The zero-order chi connectivity index (χ0) is 53.4. The lowest BCUT2D eigenvalue weighted by atomic mass is 9.88. The Morgan fingerprint density at radius 3 is 1.70 bits per heavy atom. The van der Waals surface area contributed by atoms with Crippen LogP contribution in [-0.2, 0) is 0 Å². The van der Waals surface area contributed by atoms with Crippen molar-refractivity contribution in [3.63, 3.8) is 0 Å². The highest BCUT2D eigenvalue weighted by Gasteiger charge is 2.27. The van der Waals surface area contributed by atoms with E-state index in [1.807, 2.05) is 12.1 Å². The van der Waals surface area contributed by atoms with E-state index in [1.54, 1.807) is 0 Å². The van der Waals surface area contributed by atoms with Crippen LogP contribution in [0, 0.1) is 0 Å². The number of nitrogens with zero attached hydrogens (tertiary/aromatic N) is 4. The summed E-state index contributed by atoms with van der Waals surface area (Å²) in [5.74, 6) is 2.00. The maximum atomic E-state index is 7.14. The predicted molar refractivity (Wildman–Crippen MR) is 333 cm³/mol. The molecule has 0 N–H and O–H groups in total. The van der Waals surface area contributed by atoms with E-state index in [-0.39, 0.29) is 5.92 Å². The van der Waals surface area contributed by atoms with E-state index < -0.39 is 0 Å². The average molecular weight is 1040 g/mol. The third-order valence-corrected chi connectivity index (χ3v) is 16.4. The van der Waals surface area contributed by atoms with E-state index in [9.17, 15) is 0 Å². The molecule has 1 unspecified atom stereocenters. The van der Waals surface area contributed by atoms with E-state index in [2.05, 4.69) is 253 Å². The minimum atomic E-state index is 0.209. The fourth-order valence-electron chi connectivity index (χ4n) is 12.5. The topological polar surface area (TPSA) is 69.9 Å². The van der Waals surface area contributed by atoms with Gasteiger partial charge in [-0.2, -0.15) is 0 Å². The minimum absolute atomic E-state index is 0.209. The monoisotopic (exact) mass is 1040 g/mol. The Hall–Kier alpha value is -10.4. The lowest BCUT2D eigenvalue weighted by molar-refractivity contribution is 0.635. The van der Waals surface area contributed by atoms with Gasteiger partial charge in [0.15, 0.2) is 28.6 Å². The van der Waals surface area contributed by atoms with Crippen LogP contribution in [0.3, 0.4) is 0 Å². The second-order valence-electron chi connectivity index (χ2n) is 21.2. The number of aromatic nitrogens is 4. The van der Waals surface area contributed by atoms with Gasteiger partial charge in [-0.05, 0) is 119 Å². The van der Waals surface area contributed by atoms with Crippen molar-refractivity contribution in [1.82, 2.24) is 19.5 Å². The highest BCUT2D eigenvalue weighted by Crippen LogP contribution is 2.47. The van der Waals surface area contributed by atoms with Crippen LogP contribution in [0.15, 0.2) is 270 Å². The summed E-state index contributed by atoms with van der Waals surface area (Å²) in [7, 11) is 0. The number of fused-ring (bicyclic) bond motifs is 11. The molecule has 81 heavy (non-hydrogen) atoms. The summed E-state index contributed by atoms with van der Waals surface area (Å²) in [4.78, 5) is 16.5. The van der Waals surface area contributed by atoms with Crippen molar-refractivity contribution in [3.05, 3.63) is 272 Å². The lowest BCUT2D eigenvalue weighted by Gasteiger charge is -2.22. The number of benzene rings is 10. The molecule has 0 aliphatic heterocycles. The van der Waals surface area contributed by atoms with Gasteiger partial charge in [0.2, 0.25) is 0 Å². The van der Waals surface area contributed by atoms with Crippen molar-refractivity contribution in [1.29, 1.82) is 0 Å². The van der Waals surface area contributed by atoms with Crippen LogP contribution in [0.1, 0.15) is 36.3 Å². The molecule has 16 rings (SSSR count). The number of hydrogen-bond donors (Lipinski definition) is 0. The molecule has 0 saturated carbocycles. The third kappa shape index (κ3) is 7.98. The molecule has 382 valence electrons. The van der Waals surface area contributed by atoms with E-state index in [0.29, 0.717) is 17.5 Å². The molecule has 0 fully saturated rings. The van der Waals surface area contributed by atoms with Crippen molar-refractivity contribution in [3.8, 4) is 73.2 Å². The van der Waals surface area contributed by atoms with E-state index in [1.165, 1.54) is 5.56 Å². The molecular weight excluding hydrogens is 989 g/mol. The Bertz CT molecular complexity index is 4940. The van der Waals surface area contributed by atoms with Gasteiger partial charge in [0.05, 0.1) is 22.1 Å². The summed E-state index contributed by atoms with van der Waals surface area (Å²) in [6.07, 6.45) is 18.6. The largest absolute Gasteiger partial charge is 0.452 e. The van der Waals surface area contributed by atoms with Crippen molar-refractivity contribution in [2.45, 2.75) is 25.2 Å². The third-order valence-electron chi connectivity index (χ3n) is 16.4. The Kier molecular flexibility index (Phi) is 11.0. The molecule has 6 heteroatoms. The van der Waals surface area contributed by atoms with Gasteiger partial charge in [-0.3, -0.25) is 0 Å². The number of hydrogen-bond acceptors (Lipinski definition) is 5. The van der Waals surface area contributed by atoms with Crippen LogP contribution < -0.4 is 0 Å². The number of rotatable bonds is 9. The second-order valence-corrected chi connectivity index (χ2v) is 21.2. The second kappa shape index (κ2) is 19.2. The first-order valence-corrected chi connectivity index (χ1v) is 27.9. The van der Waals surface area contributed by atoms with Crippen LogP contribution >= 0.6 is 0 Å².